The van der Waals surface area contributed by atoms with Gasteiger partial charge in [-0.1, -0.05) is 12.5 Å². The molecule has 1 spiro atoms. The number of likely N-dealkylation sites (tertiary alicyclic amines) is 1. The minimum absolute atomic E-state index is 0.0420. The maximum Gasteiger partial charge on any atom is 0.253 e. The number of piperidine rings is 2. The fraction of sp³-hybridized carbons (Fsp3) is 0.536. The molecule has 0 radical (unpaired) electrons. The number of rotatable bonds is 7. The number of hydrogen-bond acceptors (Lipinski definition) is 5. The minimum Gasteiger partial charge on any atom is -0.494 e. The predicted octanol–water partition coefficient (Wildman–Crippen LogP) is 4.48. The highest BCUT2D eigenvalue weighted by Crippen LogP contribution is 2.34. The molecule has 35 heavy (non-hydrogen) atoms. The van der Waals surface area contributed by atoms with Crippen LogP contribution in [0.5, 0.6) is 5.75 Å². The molecule has 2 aromatic carbocycles. The van der Waals surface area contributed by atoms with Crippen molar-refractivity contribution in [1.82, 2.24) is 4.90 Å². The van der Waals surface area contributed by atoms with Crippen molar-refractivity contribution in [3.05, 3.63) is 54.3 Å². The summed E-state index contributed by atoms with van der Waals surface area (Å²) >= 11 is 0. The van der Waals surface area contributed by atoms with Crippen molar-refractivity contribution < 1.29 is 18.7 Å². The molecule has 3 heterocycles. The maximum atomic E-state index is 13.7. The zero-order valence-electron chi connectivity index (χ0n) is 20.5. The molecule has 0 unspecified atom stereocenters. The normalized spacial score (nSPS) is 20.9. The van der Waals surface area contributed by atoms with Crippen molar-refractivity contribution in [2.24, 2.45) is 0 Å². The van der Waals surface area contributed by atoms with Crippen LogP contribution in [0.25, 0.3) is 0 Å². The molecule has 3 saturated heterocycles. The van der Waals surface area contributed by atoms with Gasteiger partial charge in [-0.25, -0.2) is 4.39 Å². The van der Waals surface area contributed by atoms with Gasteiger partial charge in [0.1, 0.15) is 18.2 Å². The molecule has 0 bridgehead atoms. The Kier molecular flexibility index (Phi) is 7.54. The number of carbonyl (C=O) groups is 1. The first-order valence-electron chi connectivity index (χ1n) is 13.0. The third-order valence-electron chi connectivity index (χ3n) is 7.58. The van der Waals surface area contributed by atoms with Gasteiger partial charge in [-0.05, 0) is 87.7 Å². The molecule has 2 aromatic rings. The number of ether oxygens (including phenoxy) is 2. The van der Waals surface area contributed by atoms with Crippen molar-refractivity contribution >= 4 is 17.3 Å². The number of amides is 1. The van der Waals surface area contributed by atoms with Gasteiger partial charge in [0.25, 0.3) is 5.91 Å². The summed E-state index contributed by atoms with van der Waals surface area (Å²) in [6, 6.07) is 14.6. The molecule has 188 valence electrons. The Morgan fingerprint density at radius 2 is 1.71 bits per heavy atom. The highest BCUT2D eigenvalue weighted by atomic mass is 19.1. The van der Waals surface area contributed by atoms with Gasteiger partial charge in [-0.3, -0.25) is 4.79 Å². The summed E-state index contributed by atoms with van der Waals surface area (Å²) in [5.74, 6) is 0.469. The van der Waals surface area contributed by atoms with E-state index in [0.717, 1.165) is 51.3 Å². The van der Waals surface area contributed by atoms with Gasteiger partial charge in [0.2, 0.25) is 0 Å². The van der Waals surface area contributed by atoms with E-state index in [1.54, 1.807) is 17.0 Å². The first-order valence-corrected chi connectivity index (χ1v) is 13.0. The van der Waals surface area contributed by atoms with Crippen molar-refractivity contribution in [3.8, 4) is 5.75 Å². The summed E-state index contributed by atoms with van der Waals surface area (Å²) in [5, 5.41) is 0. The molecule has 5 rings (SSSR count). The molecule has 0 saturated carbocycles. The van der Waals surface area contributed by atoms with Crippen LogP contribution in [0.3, 0.4) is 0 Å². The maximum absolute atomic E-state index is 13.7. The van der Waals surface area contributed by atoms with E-state index >= 15 is 0 Å². The van der Waals surface area contributed by atoms with Crippen LogP contribution >= 0.6 is 0 Å². The summed E-state index contributed by atoms with van der Waals surface area (Å²) in [6.07, 6.45) is 6.73. The lowest BCUT2D eigenvalue weighted by atomic mass is 9.88. The Bertz CT molecular complexity index is 985. The lowest BCUT2D eigenvalue weighted by molar-refractivity contribution is -0.141. The third-order valence-corrected chi connectivity index (χ3v) is 7.58. The number of anilines is 2. The van der Waals surface area contributed by atoms with Crippen molar-refractivity contribution in [2.45, 2.75) is 44.1 Å². The highest BCUT2D eigenvalue weighted by Gasteiger charge is 2.42. The van der Waals surface area contributed by atoms with Gasteiger partial charge in [0.05, 0.1) is 18.8 Å². The molecule has 3 aliphatic rings. The molecule has 3 fully saturated rings. The molecule has 0 N–H and O–H groups in total. The average molecular weight is 482 g/mol. The molecular formula is C28H36FN3O3. The Morgan fingerprint density at radius 1 is 0.943 bits per heavy atom. The number of carbonyl (C=O) groups excluding carboxylic acids is 1. The largest absolute Gasteiger partial charge is 0.494 e. The van der Waals surface area contributed by atoms with Crippen LogP contribution in [0.2, 0.25) is 0 Å². The van der Waals surface area contributed by atoms with Gasteiger partial charge in [-0.2, -0.15) is 0 Å². The second-order valence-corrected chi connectivity index (χ2v) is 10.0. The average Bonchev–Trinajstić information content (AvgIpc) is 2.90. The quantitative estimate of drug-likeness (QED) is 0.546. The topological polar surface area (TPSA) is 45.2 Å². The van der Waals surface area contributed by atoms with Gasteiger partial charge in [0.15, 0.2) is 0 Å². The minimum atomic E-state index is -0.381. The third kappa shape index (κ3) is 5.96. The van der Waals surface area contributed by atoms with E-state index in [0.29, 0.717) is 12.2 Å². The van der Waals surface area contributed by atoms with Crippen LogP contribution in [0.1, 0.15) is 38.5 Å². The second kappa shape index (κ2) is 11.0. The SMILES string of the molecule is O=C1COC2(CCN(c3ccc(OCCCN4CCCCC4)cc3)CC2)CN1c1cccc(F)c1. The van der Waals surface area contributed by atoms with Crippen LogP contribution in [-0.2, 0) is 9.53 Å². The Hall–Kier alpha value is -2.64. The van der Waals surface area contributed by atoms with E-state index in [2.05, 4.69) is 34.1 Å². The number of morpholine rings is 1. The van der Waals surface area contributed by atoms with Crippen LogP contribution < -0.4 is 14.5 Å². The molecule has 3 aliphatic heterocycles. The fourth-order valence-corrected chi connectivity index (χ4v) is 5.48. The summed E-state index contributed by atoms with van der Waals surface area (Å²) in [5.41, 5.74) is 1.40. The summed E-state index contributed by atoms with van der Waals surface area (Å²) in [4.78, 5) is 19.1. The van der Waals surface area contributed by atoms with Gasteiger partial charge >= 0.3 is 0 Å². The van der Waals surface area contributed by atoms with Crippen LogP contribution in [0, 0.1) is 5.82 Å². The summed E-state index contributed by atoms with van der Waals surface area (Å²) in [6.45, 7) is 6.54. The molecule has 0 atom stereocenters. The lowest BCUT2D eigenvalue weighted by Gasteiger charge is -2.47. The highest BCUT2D eigenvalue weighted by molar-refractivity contribution is 5.95. The Balaban J connectivity index is 1.10. The van der Waals surface area contributed by atoms with Crippen molar-refractivity contribution in [2.75, 3.05) is 62.3 Å². The molecular weight excluding hydrogens is 445 g/mol. The van der Waals surface area contributed by atoms with Crippen LogP contribution in [0.15, 0.2) is 48.5 Å². The lowest BCUT2D eigenvalue weighted by Crippen LogP contribution is -2.59. The monoisotopic (exact) mass is 481 g/mol. The van der Waals surface area contributed by atoms with E-state index in [4.69, 9.17) is 9.47 Å². The first-order chi connectivity index (χ1) is 17.1. The van der Waals surface area contributed by atoms with E-state index in [1.807, 2.05) is 0 Å². The standard InChI is InChI=1S/C28H36FN3O3/c29-23-6-4-7-25(20-23)32-22-28(35-21-27(32)33)12-17-31(18-13-28)24-8-10-26(11-9-24)34-19-5-16-30-14-2-1-3-15-30/h4,6-11,20H,1-3,5,12-19,21-22H2. The van der Waals surface area contributed by atoms with Crippen LogP contribution in [-0.4, -0.2) is 68.9 Å². The smallest absolute Gasteiger partial charge is 0.253 e. The van der Waals surface area contributed by atoms with Crippen molar-refractivity contribution in [1.29, 1.82) is 0 Å². The van der Waals surface area contributed by atoms with E-state index < -0.39 is 0 Å². The molecule has 6 nitrogen and oxygen atoms in total. The number of halogens is 1. The van der Waals surface area contributed by atoms with Crippen molar-refractivity contribution in [3.63, 3.8) is 0 Å². The van der Waals surface area contributed by atoms with E-state index in [1.165, 1.54) is 50.2 Å². The molecule has 0 aromatic heterocycles. The van der Waals surface area contributed by atoms with Gasteiger partial charge < -0.3 is 24.2 Å². The zero-order chi connectivity index (χ0) is 24.1. The zero-order valence-corrected chi connectivity index (χ0v) is 20.5. The predicted molar refractivity (Wildman–Crippen MR) is 136 cm³/mol. The first kappa shape index (κ1) is 24.1. The van der Waals surface area contributed by atoms with Crippen LogP contribution in [0.4, 0.5) is 15.8 Å². The van der Waals surface area contributed by atoms with E-state index in [-0.39, 0.29) is 23.9 Å². The number of benzene rings is 2. The summed E-state index contributed by atoms with van der Waals surface area (Å²) < 4.78 is 25.8. The molecule has 7 heteroatoms. The Morgan fingerprint density at radius 3 is 2.46 bits per heavy atom. The molecule has 0 aliphatic carbocycles. The fourth-order valence-electron chi connectivity index (χ4n) is 5.48. The van der Waals surface area contributed by atoms with Gasteiger partial charge in [0, 0.05) is 31.0 Å². The number of nitrogens with zero attached hydrogens (tertiary/aromatic N) is 3. The summed E-state index contributed by atoms with van der Waals surface area (Å²) in [7, 11) is 0. The Labute approximate surface area is 207 Å². The van der Waals surface area contributed by atoms with Gasteiger partial charge in [-0.15, -0.1) is 0 Å². The molecule has 1 amide bonds. The number of hydrogen-bond donors (Lipinski definition) is 0. The second-order valence-electron chi connectivity index (χ2n) is 10.0. The van der Waals surface area contributed by atoms with E-state index in [9.17, 15) is 9.18 Å².